The van der Waals surface area contributed by atoms with Gasteiger partial charge < -0.3 is 9.64 Å². The average Bonchev–Trinajstić information content (AvgIpc) is 3.57. The van der Waals surface area contributed by atoms with Gasteiger partial charge in [0.1, 0.15) is 12.7 Å². The second kappa shape index (κ2) is 9.26. The van der Waals surface area contributed by atoms with Crippen LogP contribution in [0.5, 0.6) is 0 Å². The van der Waals surface area contributed by atoms with Gasteiger partial charge in [0.15, 0.2) is 0 Å². The molecule has 1 atom stereocenters. The van der Waals surface area contributed by atoms with Crippen LogP contribution in [0.2, 0.25) is 0 Å². The molecule has 2 aliphatic heterocycles. The number of nitrogens with zero attached hydrogens (tertiary/aromatic N) is 5. The fourth-order valence-corrected chi connectivity index (χ4v) is 5.58. The summed E-state index contributed by atoms with van der Waals surface area (Å²) < 4.78 is 6.88. The maximum atomic E-state index is 13.4. The minimum Gasteiger partial charge on any atom is -0.462 e. The van der Waals surface area contributed by atoms with Gasteiger partial charge >= 0.3 is 5.97 Å². The molecule has 0 saturated carbocycles. The van der Waals surface area contributed by atoms with Gasteiger partial charge in [-0.15, -0.1) is 0 Å². The first-order chi connectivity index (χ1) is 17.2. The summed E-state index contributed by atoms with van der Waals surface area (Å²) >= 11 is 0. The molecule has 0 spiro atoms. The Balaban J connectivity index is 1.03. The van der Waals surface area contributed by atoms with Gasteiger partial charge in [0.25, 0.3) is 0 Å². The van der Waals surface area contributed by atoms with E-state index in [2.05, 4.69) is 33.2 Å². The lowest BCUT2D eigenvalue weighted by Crippen LogP contribution is -2.50. The van der Waals surface area contributed by atoms with Crippen molar-refractivity contribution in [2.24, 2.45) is 0 Å². The number of piperazine rings is 1. The van der Waals surface area contributed by atoms with E-state index in [1.807, 2.05) is 23.1 Å². The molecule has 1 aromatic heterocycles. The van der Waals surface area contributed by atoms with E-state index >= 15 is 0 Å². The topological polar surface area (TPSA) is 80.6 Å². The summed E-state index contributed by atoms with van der Waals surface area (Å²) in [5.41, 5.74) is 6.45. The Morgan fingerprint density at radius 3 is 2.74 bits per heavy atom. The third kappa shape index (κ3) is 4.34. The van der Waals surface area contributed by atoms with Gasteiger partial charge in [0.2, 0.25) is 5.91 Å². The van der Waals surface area contributed by atoms with E-state index in [1.165, 1.54) is 17.5 Å². The van der Waals surface area contributed by atoms with Crippen LogP contribution in [0.3, 0.4) is 0 Å². The molecule has 8 nitrogen and oxygen atoms in total. The van der Waals surface area contributed by atoms with Crippen molar-refractivity contribution in [2.45, 2.75) is 31.6 Å². The van der Waals surface area contributed by atoms with Crippen LogP contribution in [0.4, 0.5) is 0 Å². The molecule has 1 saturated heterocycles. The van der Waals surface area contributed by atoms with Crippen molar-refractivity contribution >= 4 is 11.9 Å². The first-order valence-electron chi connectivity index (χ1n) is 12.4. The van der Waals surface area contributed by atoms with Crippen molar-refractivity contribution in [3.8, 4) is 5.69 Å². The zero-order valence-corrected chi connectivity index (χ0v) is 19.7. The molecule has 8 heteroatoms. The highest BCUT2D eigenvalue weighted by atomic mass is 16.5. The number of aromatic nitrogens is 3. The third-order valence-electron chi connectivity index (χ3n) is 7.58. The van der Waals surface area contributed by atoms with Crippen LogP contribution in [0.1, 0.15) is 45.0 Å². The van der Waals surface area contributed by atoms with E-state index in [1.54, 1.807) is 11.0 Å². The van der Waals surface area contributed by atoms with Gasteiger partial charge in [0.05, 0.1) is 23.8 Å². The minimum atomic E-state index is -0.209. The van der Waals surface area contributed by atoms with E-state index in [0.29, 0.717) is 12.2 Å². The highest BCUT2D eigenvalue weighted by molar-refractivity contribution is 5.92. The number of rotatable bonds is 5. The van der Waals surface area contributed by atoms with Crippen molar-refractivity contribution in [1.82, 2.24) is 24.6 Å². The predicted molar refractivity (Wildman–Crippen MR) is 130 cm³/mol. The fourth-order valence-electron chi connectivity index (χ4n) is 5.58. The van der Waals surface area contributed by atoms with Crippen LogP contribution in [0.25, 0.3) is 5.69 Å². The molecule has 35 heavy (non-hydrogen) atoms. The van der Waals surface area contributed by atoms with Crippen LogP contribution in [0.15, 0.2) is 49.1 Å². The monoisotopic (exact) mass is 471 g/mol. The molecule has 3 aliphatic rings. The van der Waals surface area contributed by atoms with Gasteiger partial charge in [-0.1, -0.05) is 18.2 Å². The Morgan fingerprint density at radius 1 is 1.03 bits per heavy atom. The quantitative estimate of drug-likeness (QED) is 0.532. The minimum absolute atomic E-state index is 0.0384. The Labute approximate surface area is 204 Å². The molecule has 1 aliphatic carbocycles. The number of cyclic esters (lactones) is 1. The molecule has 1 fully saturated rings. The summed E-state index contributed by atoms with van der Waals surface area (Å²) in [7, 11) is 0. The lowest BCUT2D eigenvalue weighted by molar-refractivity contribution is -0.134. The van der Waals surface area contributed by atoms with Crippen molar-refractivity contribution < 1.29 is 14.3 Å². The van der Waals surface area contributed by atoms with E-state index in [-0.39, 0.29) is 17.8 Å². The van der Waals surface area contributed by atoms with Crippen LogP contribution >= 0.6 is 0 Å². The molecule has 1 unspecified atom stereocenters. The number of hydrogen-bond acceptors (Lipinski definition) is 6. The van der Waals surface area contributed by atoms with Gasteiger partial charge in [0, 0.05) is 39.1 Å². The number of ether oxygens (including phenoxy) is 1. The zero-order chi connectivity index (χ0) is 23.8. The van der Waals surface area contributed by atoms with Crippen molar-refractivity contribution in [2.75, 3.05) is 39.3 Å². The van der Waals surface area contributed by atoms with Crippen molar-refractivity contribution in [3.05, 3.63) is 76.9 Å². The molecule has 0 bridgehead atoms. The number of carbonyl (C=O) groups is 2. The number of carbonyl (C=O) groups excluding carboxylic acids is 2. The first-order valence-corrected chi connectivity index (χ1v) is 12.4. The molecule has 6 rings (SSSR count). The summed E-state index contributed by atoms with van der Waals surface area (Å²) in [6.07, 6.45) is 6.76. The molecular formula is C27H29N5O3. The molecule has 0 N–H and O–H groups in total. The van der Waals surface area contributed by atoms with E-state index in [4.69, 9.17) is 4.74 Å². The highest BCUT2D eigenvalue weighted by Gasteiger charge is 2.33. The van der Waals surface area contributed by atoms with Crippen LogP contribution in [-0.4, -0.2) is 75.8 Å². The molecule has 2 aromatic carbocycles. The van der Waals surface area contributed by atoms with Crippen LogP contribution in [-0.2, 0) is 28.8 Å². The van der Waals surface area contributed by atoms with Gasteiger partial charge in [-0.05, 0) is 59.7 Å². The fraction of sp³-hybridized carbons (Fsp3) is 0.407. The molecule has 1 amide bonds. The lowest BCUT2D eigenvalue weighted by atomic mass is 9.98. The smallest absolute Gasteiger partial charge is 0.338 e. The molecular weight excluding hydrogens is 442 g/mol. The van der Waals surface area contributed by atoms with Crippen molar-refractivity contribution in [3.63, 3.8) is 0 Å². The second-order valence-electron chi connectivity index (χ2n) is 9.61. The summed E-state index contributed by atoms with van der Waals surface area (Å²) in [5.74, 6) is 0.0149. The highest BCUT2D eigenvalue weighted by Crippen LogP contribution is 2.35. The maximum absolute atomic E-state index is 13.4. The number of esters is 1. The normalized spacial score (nSPS) is 19.8. The maximum Gasteiger partial charge on any atom is 0.338 e. The number of aryl methyl sites for hydroxylation is 1. The standard InChI is InChI=1S/C27H29N5O3/c33-26(25-5-2-20-16-22(3-6-23(20)25)32-18-28-17-29-32)31-12-10-30(11-13-31)9-7-19-1-4-24-21(15-19)8-14-35-27(24)34/h1,3-4,6,15-18,25H,2,5,7-14H2. The van der Waals surface area contributed by atoms with Crippen LogP contribution in [0, 0.1) is 0 Å². The van der Waals surface area contributed by atoms with E-state index in [0.717, 1.165) is 75.2 Å². The average molecular weight is 472 g/mol. The largest absolute Gasteiger partial charge is 0.462 e. The predicted octanol–water partition coefficient (Wildman–Crippen LogP) is 2.40. The number of amides is 1. The summed E-state index contributed by atoms with van der Waals surface area (Å²) in [5, 5.41) is 4.21. The Morgan fingerprint density at radius 2 is 1.91 bits per heavy atom. The van der Waals surface area contributed by atoms with Crippen LogP contribution < -0.4 is 0 Å². The number of hydrogen-bond donors (Lipinski definition) is 0. The zero-order valence-electron chi connectivity index (χ0n) is 19.7. The Kier molecular flexibility index (Phi) is 5.82. The van der Waals surface area contributed by atoms with Gasteiger partial charge in [-0.3, -0.25) is 9.69 Å². The Hall–Kier alpha value is -3.52. The van der Waals surface area contributed by atoms with E-state index in [9.17, 15) is 9.59 Å². The van der Waals surface area contributed by atoms with Gasteiger partial charge in [-0.25, -0.2) is 14.5 Å². The third-order valence-corrected chi connectivity index (χ3v) is 7.58. The molecule has 180 valence electrons. The Bertz CT molecular complexity index is 1250. The molecule has 3 heterocycles. The second-order valence-corrected chi connectivity index (χ2v) is 9.61. The van der Waals surface area contributed by atoms with Gasteiger partial charge in [-0.2, -0.15) is 5.10 Å². The first kappa shape index (κ1) is 22.0. The van der Waals surface area contributed by atoms with Crippen molar-refractivity contribution in [1.29, 1.82) is 0 Å². The summed E-state index contributed by atoms with van der Waals surface area (Å²) in [4.78, 5) is 33.7. The van der Waals surface area contributed by atoms with E-state index < -0.39 is 0 Å². The number of fused-ring (bicyclic) bond motifs is 2. The number of benzene rings is 2. The molecule has 3 aromatic rings. The lowest BCUT2D eigenvalue weighted by Gasteiger charge is -2.36. The SMILES string of the molecule is O=C1OCCc2cc(CCN3CCN(C(=O)C4CCc5cc(-n6cncn6)ccc54)CC3)ccc21. The summed E-state index contributed by atoms with van der Waals surface area (Å²) in [6.45, 7) is 4.78. The summed E-state index contributed by atoms with van der Waals surface area (Å²) in [6, 6.07) is 12.4. The molecule has 0 radical (unpaired) electrons.